The first-order valence-electron chi connectivity index (χ1n) is 8.32. The Hall–Kier alpha value is -2.11. The molecule has 0 unspecified atom stereocenters. The lowest BCUT2D eigenvalue weighted by Gasteiger charge is -2.22. The van der Waals surface area contributed by atoms with Crippen molar-refractivity contribution < 1.29 is 9.59 Å². The van der Waals surface area contributed by atoms with Crippen molar-refractivity contribution in [3.8, 4) is 0 Å². The molecule has 0 aliphatic carbocycles. The number of nitrogens with zero attached hydrogens (tertiary/aromatic N) is 1. The average Bonchev–Trinajstić information content (AvgIpc) is 2.60. The van der Waals surface area contributed by atoms with Crippen LogP contribution in [0.15, 0.2) is 42.6 Å². The summed E-state index contributed by atoms with van der Waals surface area (Å²) >= 11 is 11.9. The van der Waals surface area contributed by atoms with Crippen molar-refractivity contribution in [3.05, 3.63) is 63.9 Å². The van der Waals surface area contributed by atoms with Crippen molar-refractivity contribution in [2.75, 3.05) is 6.54 Å². The number of rotatable bonds is 7. The summed E-state index contributed by atoms with van der Waals surface area (Å²) in [4.78, 5) is 29.2. The Kier molecular flexibility index (Phi) is 7.42. The number of carbonyl (C=O) groups excluding carboxylic acids is 2. The third kappa shape index (κ3) is 5.71. The molecule has 1 atom stereocenters. The summed E-state index contributed by atoms with van der Waals surface area (Å²) in [7, 11) is 0. The second-order valence-corrected chi connectivity index (χ2v) is 7.03. The minimum atomic E-state index is -0.669. The number of benzene rings is 1. The van der Waals surface area contributed by atoms with Gasteiger partial charge in [0.15, 0.2) is 0 Å². The molecule has 2 amide bonds. The van der Waals surface area contributed by atoms with E-state index in [1.54, 1.807) is 12.3 Å². The molecule has 1 aromatic heterocycles. The molecular formula is C19H21Cl2N3O2. The Labute approximate surface area is 163 Å². The highest BCUT2D eigenvalue weighted by Crippen LogP contribution is 2.21. The van der Waals surface area contributed by atoms with Crippen LogP contribution in [0.4, 0.5) is 0 Å². The molecule has 138 valence electrons. The van der Waals surface area contributed by atoms with Crippen LogP contribution in [0.2, 0.25) is 10.0 Å². The number of nitrogens with one attached hydrogen (secondary N) is 2. The molecule has 0 aliphatic rings. The summed E-state index contributed by atoms with van der Waals surface area (Å²) in [5, 5.41) is 6.28. The van der Waals surface area contributed by atoms with Gasteiger partial charge in [-0.1, -0.05) is 43.1 Å². The van der Waals surface area contributed by atoms with Gasteiger partial charge in [-0.15, -0.1) is 0 Å². The maximum absolute atomic E-state index is 12.5. The van der Waals surface area contributed by atoms with Gasteiger partial charge in [-0.25, -0.2) is 0 Å². The summed E-state index contributed by atoms with van der Waals surface area (Å²) in [6.07, 6.45) is 2.33. The average molecular weight is 394 g/mol. The van der Waals surface area contributed by atoms with Crippen LogP contribution in [-0.2, 0) is 11.2 Å². The molecule has 2 aromatic rings. The zero-order chi connectivity index (χ0) is 19.1. The predicted molar refractivity (Wildman–Crippen MR) is 104 cm³/mol. The SMILES string of the molecule is CC(C)[C@H](NC(=O)c1ccc(Cl)cc1Cl)C(=O)NCCc1ccccn1. The van der Waals surface area contributed by atoms with Gasteiger partial charge in [0.25, 0.3) is 5.91 Å². The molecule has 26 heavy (non-hydrogen) atoms. The molecule has 1 aromatic carbocycles. The van der Waals surface area contributed by atoms with Gasteiger partial charge in [0, 0.05) is 29.9 Å². The molecule has 7 heteroatoms. The highest BCUT2D eigenvalue weighted by Gasteiger charge is 2.25. The lowest BCUT2D eigenvalue weighted by molar-refractivity contribution is -0.123. The van der Waals surface area contributed by atoms with Gasteiger partial charge in [0.2, 0.25) is 5.91 Å². The summed E-state index contributed by atoms with van der Waals surface area (Å²) in [6.45, 7) is 4.18. The first-order valence-corrected chi connectivity index (χ1v) is 9.07. The molecule has 5 nitrogen and oxygen atoms in total. The number of aromatic nitrogens is 1. The van der Waals surface area contributed by atoms with Crippen molar-refractivity contribution in [3.63, 3.8) is 0 Å². The molecule has 1 heterocycles. The monoisotopic (exact) mass is 393 g/mol. The molecule has 0 saturated heterocycles. The molecule has 0 saturated carbocycles. The summed E-state index contributed by atoms with van der Waals surface area (Å²) < 4.78 is 0. The van der Waals surface area contributed by atoms with Gasteiger partial charge in [0.05, 0.1) is 10.6 Å². The number of carbonyl (C=O) groups is 2. The van der Waals surface area contributed by atoms with E-state index in [1.165, 1.54) is 12.1 Å². The van der Waals surface area contributed by atoms with Crippen molar-refractivity contribution in [2.45, 2.75) is 26.3 Å². The Bertz CT molecular complexity index is 767. The van der Waals surface area contributed by atoms with Crippen LogP contribution in [0.1, 0.15) is 29.9 Å². The molecule has 0 fully saturated rings. The van der Waals surface area contributed by atoms with Crippen LogP contribution in [0.5, 0.6) is 0 Å². The van der Waals surface area contributed by atoms with Gasteiger partial charge in [-0.2, -0.15) is 0 Å². The minimum absolute atomic E-state index is 0.0834. The van der Waals surface area contributed by atoms with Crippen molar-refractivity contribution in [2.24, 2.45) is 5.92 Å². The van der Waals surface area contributed by atoms with Crippen molar-refractivity contribution in [1.82, 2.24) is 15.6 Å². The van der Waals surface area contributed by atoms with Crippen LogP contribution < -0.4 is 10.6 Å². The fourth-order valence-electron chi connectivity index (χ4n) is 2.40. The quantitative estimate of drug-likeness (QED) is 0.755. The van der Waals surface area contributed by atoms with Gasteiger partial charge in [-0.3, -0.25) is 14.6 Å². The van der Waals surface area contributed by atoms with E-state index in [2.05, 4.69) is 15.6 Å². The second-order valence-electron chi connectivity index (χ2n) is 6.18. The van der Waals surface area contributed by atoms with Crippen LogP contribution in [-0.4, -0.2) is 29.4 Å². The molecular weight excluding hydrogens is 373 g/mol. The lowest BCUT2D eigenvalue weighted by Crippen LogP contribution is -2.50. The minimum Gasteiger partial charge on any atom is -0.354 e. The van der Waals surface area contributed by atoms with E-state index < -0.39 is 11.9 Å². The Morgan fingerprint density at radius 3 is 2.54 bits per heavy atom. The molecule has 0 bridgehead atoms. The number of halogens is 2. The highest BCUT2D eigenvalue weighted by molar-refractivity contribution is 6.36. The number of hydrogen-bond acceptors (Lipinski definition) is 3. The zero-order valence-corrected chi connectivity index (χ0v) is 16.1. The van der Waals surface area contributed by atoms with Crippen LogP contribution in [0.25, 0.3) is 0 Å². The van der Waals surface area contributed by atoms with Gasteiger partial charge in [-0.05, 0) is 36.2 Å². The Morgan fingerprint density at radius 2 is 1.92 bits per heavy atom. The van der Waals surface area contributed by atoms with E-state index in [-0.39, 0.29) is 22.4 Å². The summed E-state index contributed by atoms with van der Waals surface area (Å²) in [5.41, 5.74) is 1.17. The van der Waals surface area contributed by atoms with E-state index in [9.17, 15) is 9.59 Å². The third-order valence-corrected chi connectivity index (χ3v) is 4.37. The standard InChI is InChI=1S/C19H21Cl2N3O2/c1-12(2)17(19(26)23-10-8-14-5-3-4-9-22-14)24-18(25)15-7-6-13(20)11-16(15)21/h3-7,9,11-12,17H,8,10H2,1-2H3,(H,23,26)(H,24,25)/t17-/m0/s1. The number of pyridine rings is 1. The molecule has 2 rings (SSSR count). The molecule has 2 N–H and O–H groups in total. The Balaban J connectivity index is 1.96. The van der Waals surface area contributed by atoms with Gasteiger partial charge in [0.1, 0.15) is 6.04 Å². The summed E-state index contributed by atoms with van der Waals surface area (Å²) in [6, 6.07) is 9.59. The lowest BCUT2D eigenvalue weighted by atomic mass is 10.0. The van der Waals surface area contributed by atoms with E-state index in [1.807, 2.05) is 32.0 Å². The van der Waals surface area contributed by atoms with Crippen molar-refractivity contribution >= 4 is 35.0 Å². The van der Waals surface area contributed by atoms with Gasteiger partial charge >= 0.3 is 0 Å². The number of amides is 2. The van der Waals surface area contributed by atoms with E-state index >= 15 is 0 Å². The molecule has 0 aliphatic heterocycles. The van der Waals surface area contributed by atoms with Crippen LogP contribution >= 0.6 is 23.2 Å². The zero-order valence-electron chi connectivity index (χ0n) is 14.6. The fraction of sp³-hybridized carbons (Fsp3) is 0.316. The maximum Gasteiger partial charge on any atom is 0.253 e. The summed E-state index contributed by atoms with van der Waals surface area (Å²) in [5.74, 6) is -0.737. The molecule has 0 spiro atoms. The molecule has 0 radical (unpaired) electrons. The third-order valence-electron chi connectivity index (χ3n) is 3.82. The number of hydrogen-bond donors (Lipinski definition) is 2. The van der Waals surface area contributed by atoms with E-state index in [4.69, 9.17) is 23.2 Å². The maximum atomic E-state index is 12.5. The smallest absolute Gasteiger partial charge is 0.253 e. The first kappa shape index (κ1) is 20.2. The van der Waals surface area contributed by atoms with E-state index in [0.717, 1.165) is 5.69 Å². The van der Waals surface area contributed by atoms with Crippen LogP contribution in [0.3, 0.4) is 0 Å². The second kappa shape index (κ2) is 9.55. The van der Waals surface area contributed by atoms with Crippen LogP contribution in [0, 0.1) is 5.92 Å². The fourth-order valence-corrected chi connectivity index (χ4v) is 2.89. The Morgan fingerprint density at radius 1 is 1.15 bits per heavy atom. The van der Waals surface area contributed by atoms with E-state index in [0.29, 0.717) is 18.0 Å². The highest BCUT2D eigenvalue weighted by atomic mass is 35.5. The normalized spacial score (nSPS) is 11.9. The largest absolute Gasteiger partial charge is 0.354 e. The van der Waals surface area contributed by atoms with Crippen molar-refractivity contribution in [1.29, 1.82) is 0 Å². The topological polar surface area (TPSA) is 71.1 Å². The first-order chi connectivity index (χ1) is 12.4. The van der Waals surface area contributed by atoms with Gasteiger partial charge < -0.3 is 10.6 Å². The predicted octanol–water partition coefficient (Wildman–Crippen LogP) is 3.50.